The normalized spacial score (nSPS) is 11.2. The van der Waals surface area contributed by atoms with Crippen LogP contribution >= 0.6 is 11.3 Å². The second kappa shape index (κ2) is 4.06. The molecule has 2 rings (SSSR count). The van der Waals surface area contributed by atoms with Crippen molar-refractivity contribution in [3.8, 4) is 0 Å². The van der Waals surface area contributed by atoms with Gasteiger partial charge in [0, 0.05) is 23.8 Å². The highest BCUT2D eigenvalue weighted by Gasteiger charge is 2.15. The molecule has 0 amide bonds. The van der Waals surface area contributed by atoms with Gasteiger partial charge in [0.15, 0.2) is 5.13 Å². The summed E-state index contributed by atoms with van der Waals surface area (Å²) in [6.07, 6.45) is 2.86. The fraction of sp³-hybridized carbons (Fsp3) is 0. The van der Waals surface area contributed by atoms with Crippen molar-refractivity contribution >= 4 is 32.3 Å². The Kier molecular flexibility index (Phi) is 2.75. The predicted molar refractivity (Wildman–Crippen MR) is 61.6 cm³/mol. The molecule has 0 saturated carbocycles. The van der Waals surface area contributed by atoms with Crippen LogP contribution in [-0.4, -0.2) is 18.4 Å². The van der Waals surface area contributed by atoms with Crippen LogP contribution in [0, 0.1) is 0 Å². The number of nitrogens with two attached hydrogens (primary N) is 1. The summed E-state index contributed by atoms with van der Waals surface area (Å²) in [6.45, 7) is 0. The first-order valence-corrected chi connectivity index (χ1v) is 6.58. The van der Waals surface area contributed by atoms with E-state index in [-0.39, 0.29) is 10.7 Å². The Labute approximate surface area is 96.2 Å². The van der Waals surface area contributed by atoms with Gasteiger partial charge in [0.2, 0.25) is 0 Å². The first kappa shape index (κ1) is 10.8. The third kappa shape index (κ3) is 2.28. The number of sulfonamides is 1. The van der Waals surface area contributed by atoms with Crippen molar-refractivity contribution in [1.29, 1.82) is 0 Å². The summed E-state index contributed by atoms with van der Waals surface area (Å²) < 4.78 is 26.0. The van der Waals surface area contributed by atoms with Crippen LogP contribution < -0.4 is 10.5 Å². The lowest BCUT2D eigenvalue weighted by atomic mass is 10.5. The first-order valence-electron chi connectivity index (χ1n) is 4.22. The molecule has 2 heterocycles. The average molecular weight is 256 g/mol. The number of rotatable bonds is 3. The molecule has 16 heavy (non-hydrogen) atoms. The number of thiazole rings is 1. The monoisotopic (exact) mass is 256 g/mol. The molecule has 2 aromatic rings. The van der Waals surface area contributed by atoms with E-state index in [4.69, 9.17) is 5.73 Å². The number of nitrogens with zero attached hydrogens (tertiary/aromatic N) is 2. The molecule has 0 bridgehead atoms. The van der Waals surface area contributed by atoms with Crippen LogP contribution in [-0.2, 0) is 10.0 Å². The molecule has 6 nitrogen and oxygen atoms in total. The third-order valence-electron chi connectivity index (χ3n) is 1.72. The second-order valence-corrected chi connectivity index (χ2v) is 5.44. The molecule has 0 fully saturated rings. The Bertz CT molecular complexity index is 580. The molecule has 0 aliphatic rings. The molecule has 8 heteroatoms. The highest BCUT2D eigenvalue weighted by Crippen LogP contribution is 2.18. The highest BCUT2D eigenvalue weighted by atomic mass is 32.2. The van der Waals surface area contributed by atoms with Crippen molar-refractivity contribution in [3.05, 3.63) is 29.9 Å². The molecular formula is C8H8N4O2S2. The summed E-state index contributed by atoms with van der Waals surface area (Å²) in [5.41, 5.74) is 5.41. The summed E-state index contributed by atoms with van der Waals surface area (Å²) in [6, 6.07) is 2.66. The summed E-state index contributed by atoms with van der Waals surface area (Å²) in [4.78, 5) is 7.62. The molecule has 0 saturated heterocycles. The quantitative estimate of drug-likeness (QED) is 0.851. The van der Waals surface area contributed by atoms with Gasteiger partial charge in [0.05, 0.1) is 4.90 Å². The van der Waals surface area contributed by atoms with Crippen LogP contribution in [0.3, 0.4) is 0 Å². The van der Waals surface area contributed by atoms with Crippen LogP contribution in [0.5, 0.6) is 0 Å². The number of nitrogens with one attached hydrogen (secondary N) is 1. The van der Waals surface area contributed by atoms with Crippen molar-refractivity contribution < 1.29 is 8.42 Å². The minimum absolute atomic E-state index is 0.0650. The molecule has 0 spiro atoms. The molecule has 0 aliphatic carbocycles. The molecule has 2 aromatic heterocycles. The van der Waals surface area contributed by atoms with Crippen molar-refractivity contribution in [2.75, 3.05) is 10.5 Å². The van der Waals surface area contributed by atoms with Gasteiger partial charge in [0.25, 0.3) is 10.0 Å². The summed E-state index contributed by atoms with van der Waals surface area (Å²) in [5, 5.41) is 1.99. The number of nitrogen functional groups attached to an aromatic ring is 1. The molecule has 0 aliphatic heterocycles. The zero-order valence-electron chi connectivity index (χ0n) is 7.99. The van der Waals surface area contributed by atoms with Gasteiger partial charge in [-0.05, 0) is 6.07 Å². The maximum absolute atomic E-state index is 11.8. The third-order valence-corrected chi connectivity index (χ3v) is 3.87. The Hall–Kier alpha value is -1.67. The maximum Gasteiger partial charge on any atom is 0.263 e. The first-order chi connectivity index (χ1) is 7.58. The Morgan fingerprint density at radius 1 is 1.31 bits per heavy atom. The smallest absolute Gasteiger partial charge is 0.263 e. The van der Waals surface area contributed by atoms with Crippen molar-refractivity contribution in [2.24, 2.45) is 0 Å². The number of hydrogen-bond donors (Lipinski definition) is 2. The Balaban J connectivity index is 2.33. The van der Waals surface area contributed by atoms with Crippen molar-refractivity contribution in [1.82, 2.24) is 9.97 Å². The Morgan fingerprint density at radius 2 is 2.12 bits per heavy atom. The maximum atomic E-state index is 11.8. The molecule has 0 aromatic carbocycles. The second-order valence-electron chi connectivity index (χ2n) is 2.86. The zero-order chi connectivity index (χ0) is 11.6. The van der Waals surface area contributed by atoms with E-state index in [1.54, 1.807) is 5.38 Å². The van der Waals surface area contributed by atoms with Crippen LogP contribution in [0.25, 0.3) is 0 Å². The average Bonchev–Trinajstić information content (AvgIpc) is 2.70. The van der Waals surface area contributed by atoms with Crippen LogP contribution in [0.2, 0.25) is 0 Å². The summed E-state index contributed by atoms with van der Waals surface area (Å²) in [7, 11) is -3.63. The van der Waals surface area contributed by atoms with Gasteiger partial charge in [-0.3, -0.25) is 4.72 Å². The van der Waals surface area contributed by atoms with E-state index >= 15 is 0 Å². The lowest BCUT2D eigenvalue weighted by molar-refractivity contribution is 0.601. The fourth-order valence-corrected chi connectivity index (χ4v) is 2.85. The number of pyridine rings is 1. The van der Waals surface area contributed by atoms with Crippen LogP contribution in [0.4, 0.5) is 10.9 Å². The molecule has 0 radical (unpaired) electrons. The minimum atomic E-state index is -3.63. The number of aromatic nitrogens is 2. The fourth-order valence-electron chi connectivity index (χ4n) is 1.04. The van der Waals surface area contributed by atoms with Gasteiger partial charge >= 0.3 is 0 Å². The van der Waals surface area contributed by atoms with E-state index in [0.717, 1.165) is 0 Å². The predicted octanol–water partition coefficient (Wildman–Crippen LogP) is 0.921. The van der Waals surface area contributed by atoms with Crippen molar-refractivity contribution in [3.63, 3.8) is 0 Å². The van der Waals surface area contributed by atoms with Gasteiger partial charge in [-0.15, -0.1) is 11.3 Å². The minimum Gasteiger partial charge on any atom is -0.384 e. The van der Waals surface area contributed by atoms with Gasteiger partial charge < -0.3 is 5.73 Å². The largest absolute Gasteiger partial charge is 0.384 e. The van der Waals surface area contributed by atoms with Crippen LogP contribution in [0.1, 0.15) is 0 Å². The summed E-state index contributed by atoms with van der Waals surface area (Å²) in [5.74, 6) is 0.155. The van der Waals surface area contributed by atoms with E-state index in [1.165, 1.54) is 35.9 Å². The van der Waals surface area contributed by atoms with Gasteiger partial charge in [-0.1, -0.05) is 0 Å². The van der Waals surface area contributed by atoms with Crippen molar-refractivity contribution in [2.45, 2.75) is 4.90 Å². The van der Waals surface area contributed by atoms with E-state index in [2.05, 4.69) is 14.7 Å². The molecule has 3 N–H and O–H groups in total. The van der Waals surface area contributed by atoms with E-state index in [0.29, 0.717) is 5.13 Å². The SMILES string of the molecule is Nc1cc(S(=O)(=O)Nc2nccs2)ccn1. The zero-order valence-corrected chi connectivity index (χ0v) is 9.62. The lowest BCUT2D eigenvalue weighted by Gasteiger charge is -2.04. The summed E-state index contributed by atoms with van der Waals surface area (Å²) >= 11 is 1.20. The van der Waals surface area contributed by atoms with Gasteiger partial charge in [-0.2, -0.15) is 0 Å². The lowest BCUT2D eigenvalue weighted by Crippen LogP contribution is -2.13. The van der Waals surface area contributed by atoms with E-state index < -0.39 is 10.0 Å². The number of hydrogen-bond acceptors (Lipinski definition) is 6. The van der Waals surface area contributed by atoms with Crippen LogP contribution in [0.15, 0.2) is 34.8 Å². The molecule has 84 valence electrons. The topological polar surface area (TPSA) is 98.0 Å². The van der Waals surface area contributed by atoms with Gasteiger partial charge in [0.1, 0.15) is 5.82 Å². The van der Waals surface area contributed by atoms with Gasteiger partial charge in [-0.25, -0.2) is 18.4 Å². The van der Waals surface area contributed by atoms with E-state index in [1.807, 2.05) is 0 Å². The number of anilines is 2. The Morgan fingerprint density at radius 3 is 2.75 bits per heavy atom. The molecule has 0 atom stereocenters. The standard InChI is InChI=1S/C8H8N4O2S2/c9-7-5-6(1-2-10-7)16(13,14)12-8-11-3-4-15-8/h1-5H,(H2,9,10)(H,11,12). The molecular weight excluding hydrogens is 248 g/mol. The van der Waals surface area contributed by atoms with E-state index in [9.17, 15) is 8.42 Å². The highest BCUT2D eigenvalue weighted by molar-refractivity contribution is 7.93. The molecule has 0 unspecified atom stereocenters.